The SMILES string of the molecule is Cc1cnc(C(O)CO)nc1.Cc1cnc(C=O)nc1. The van der Waals surface area contributed by atoms with Crippen molar-refractivity contribution >= 4 is 6.29 Å². The Labute approximate surface area is 116 Å². The van der Waals surface area contributed by atoms with Crippen LogP contribution in [0.5, 0.6) is 0 Å². The van der Waals surface area contributed by atoms with E-state index in [2.05, 4.69) is 19.9 Å². The molecular formula is C13H16N4O3. The number of aryl methyl sites for hydroxylation is 2. The molecule has 106 valence electrons. The molecule has 2 rings (SSSR count). The van der Waals surface area contributed by atoms with Gasteiger partial charge in [0.2, 0.25) is 0 Å². The van der Waals surface area contributed by atoms with Gasteiger partial charge in [-0.1, -0.05) is 0 Å². The largest absolute Gasteiger partial charge is 0.393 e. The molecule has 0 radical (unpaired) electrons. The second kappa shape index (κ2) is 8.03. The third-order valence-corrected chi connectivity index (χ3v) is 2.18. The van der Waals surface area contributed by atoms with Crippen molar-refractivity contribution < 1.29 is 15.0 Å². The van der Waals surface area contributed by atoms with Gasteiger partial charge in [-0.3, -0.25) is 4.79 Å². The van der Waals surface area contributed by atoms with Gasteiger partial charge in [0.1, 0.15) is 6.10 Å². The van der Waals surface area contributed by atoms with E-state index in [0.29, 0.717) is 6.29 Å². The summed E-state index contributed by atoms with van der Waals surface area (Å²) in [6.07, 6.45) is 6.07. The maximum absolute atomic E-state index is 9.99. The van der Waals surface area contributed by atoms with Crippen molar-refractivity contribution in [3.63, 3.8) is 0 Å². The fraction of sp³-hybridized carbons (Fsp3) is 0.308. The van der Waals surface area contributed by atoms with Crippen molar-refractivity contribution in [3.05, 3.63) is 47.6 Å². The lowest BCUT2D eigenvalue weighted by Gasteiger charge is -2.03. The van der Waals surface area contributed by atoms with Gasteiger partial charge in [0.05, 0.1) is 6.61 Å². The molecule has 0 aliphatic heterocycles. The van der Waals surface area contributed by atoms with Crippen molar-refractivity contribution in [2.75, 3.05) is 6.61 Å². The maximum Gasteiger partial charge on any atom is 0.192 e. The van der Waals surface area contributed by atoms with E-state index in [0.717, 1.165) is 11.1 Å². The number of aliphatic hydroxyl groups is 2. The summed E-state index contributed by atoms with van der Waals surface area (Å²) in [6, 6.07) is 0. The average molecular weight is 276 g/mol. The molecule has 0 saturated carbocycles. The summed E-state index contributed by atoms with van der Waals surface area (Å²) >= 11 is 0. The summed E-state index contributed by atoms with van der Waals surface area (Å²) in [5, 5.41) is 17.6. The molecule has 1 unspecified atom stereocenters. The number of carbonyl (C=O) groups is 1. The van der Waals surface area contributed by atoms with Crippen molar-refractivity contribution in [2.24, 2.45) is 0 Å². The van der Waals surface area contributed by atoms with Crippen LogP contribution in [0.3, 0.4) is 0 Å². The minimum absolute atomic E-state index is 0.237. The fourth-order valence-corrected chi connectivity index (χ4v) is 1.12. The Morgan fingerprint density at radius 3 is 1.90 bits per heavy atom. The van der Waals surface area contributed by atoms with Crippen LogP contribution in [0.1, 0.15) is 33.7 Å². The van der Waals surface area contributed by atoms with Gasteiger partial charge in [-0.25, -0.2) is 19.9 Å². The van der Waals surface area contributed by atoms with E-state index in [-0.39, 0.29) is 18.3 Å². The molecule has 2 N–H and O–H groups in total. The number of hydrogen-bond donors (Lipinski definition) is 2. The molecule has 1 atom stereocenters. The lowest BCUT2D eigenvalue weighted by atomic mass is 10.3. The molecule has 7 nitrogen and oxygen atoms in total. The highest BCUT2D eigenvalue weighted by Crippen LogP contribution is 2.04. The topological polar surface area (TPSA) is 109 Å². The standard InChI is InChI=1S/C7H10N2O2.C6H6N2O/c1-5-2-8-7(9-3-5)6(11)4-10;1-5-2-7-6(4-9)8-3-5/h2-3,6,10-11H,4H2,1H3;2-4H,1H3. The minimum atomic E-state index is -0.962. The molecule has 2 aromatic rings. The lowest BCUT2D eigenvalue weighted by molar-refractivity contribution is 0.0885. The van der Waals surface area contributed by atoms with Crippen LogP contribution in [0.15, 0.2) is 24.8 Å². The summed E-state index contributed by atoms with van der Waals surface area (Å²) < 4.78 is 0. The van der Waals surface area contributed by atoms with Crippen molar-refractivity contribution in [2.45, 2.75) is 20.0 Å². The number of aromatic nitrogens is 4. The summed E-state index contributed by atoms with van der Waals surface area (Å²) in [6.45, 7) is 3.38. The van der Waals surface area contributed by atoms with E-state index in [9.17, 15) is 4.79 Å². The van der Waals surface area contributed by atoms with Crippen molar-refractivity contribution in [3.8, 4) is 0 Å². The third kappa shape index (κ3) is 5.17. The van der Waals surface area contributed by atoms with Gasteiger partial charge in [0, 0.05) is 24.8 Å². The number of carbonyl (C=O) groups excluding carboxylic acids is 1. The molecule has 0 fully saturated rings. The Morgan fingerprint density at radius 1 is 1.05 bits per heavy atom. The predicted octanol–water partition coefficient (Wildman–Crippen LogP) is 0.408. The van der Waals surface area contributed by atoms with Crippen molar-refractivity contribution in [1.29, 1.82) is 0 Å². The quantitative estimate of drug-likeness (QED) is 0.781. The lowest BCUT2D eigenvalue weighted by Crippen LogP contribution is -2.07. The third-order valence-electron chi connectivity index (χ3n) is 2.18. The number of nitrogens with zero attached hydrogens (tertiary/aromatic N) is 4. The monoisotopic (exact) mass is 276 g/mol. The Bertz CT molecular complexity index is 528. The van der Waals surface area contributed by atoms with Crippen LogP contribution in [-0.4, -0.2) is 43.0 Å². The summed E-state index contributed by atoms with van der Waals surface area (Å²) in [7, 11) is 0. The van der Waals surface area contributed by atoms with E-state index < -0.39 is 6.10 Å². The van der Waals surface area contributed by atoms with Crippen LogP contribution in [-0.2, 0) is 0 Å². The molecule has 0 bridgehead atoms. The Morgan fingerprint density at radius 2 is 1.50 bits per heavy atom. The highest BCUT2D eigenvalue weighted by molar-refractivity contribution is 5.68. The first-order chi connectivity index (χ1) is 9.56. The first-order valence-electron chi connectivity index (χ1n) is 5.88. The second-order valence-corrected chi connectivity index (χ2v) is 4.05. The molecule has 0 aromatic carbocycles. The predicted molar refractivity (Wildman–Crippen MR) is 71.0 cm³/mol. The Balaban J connectivity index is 0.000000204. The molecular weight excluding hydrogens is 260 g/mol. The Kier molecular flexibility index (Phi) is 6.34. The van der Waals surface area contributed by atoms with E-state index >= 15 is 0 Å². The van der Waals surface area contributed by atoms with E-state index in [4.69, 9.17) is 10.2 Å². The van der Waals surface area contributed by atoms with E-state index in [1.54, 1.807) is 24.8 Å². The smallest absolute Gasteiger partial charge is 0.192 e. The zero-order valence-corrected chi connectivity index (χ0v) is 11.3. The van der Waals surface area contributed by atoms with E-state index in [1.807, 2.05) is 13.8 Å². The molecule has 7 heteroatoms. The summed E-state index contributed by atoms with van der Waals surface area (Å²) in [4.78, 5) is 25.1. The molecule has 2 heterocycles. The molecule has 0 amide bonds. The van der Waals surface area contributed by atoms with Crippen LogP contribution in [0.25, 0.3) is 0 Å². The van der Waals surface area contributed by atoms with Crippen LogP contribution in [0, 0.1) is 13.8 Å². The fourth-order valence-electron chi connectivity index (χ4n) is 1.12. The first-order valence-corrected chi connectivity index (χ1v) is 5.88. The average Bonchev–Trinajstić information content (AvgIpc) is 2.49. The highest BCUT2D eigenvalue weighted by atomic mass is 16.3. The zero-order chi connectivity index (χ0) is 15.0. The van der Waals surface area contributed by atoms with Gasteiger partial charge in [-0.2, -0.15) is 0 Å². The highest BCUT2D eigenvalue weighted by Gasteiger charge is 2.07. The molecule has 0 saturated heterocycles. The molecule has 0 aliphatic carbocycles. The molecule has 0 aliphatic rings. The van der Waals surface area contributed by atoms with Gasteiger partial charge < -0.3 is 10.2 Å². The molecule has 20 heavy (non-hydrogen) atoms. The van der Waals surface area contributed by atoms with E-state index in [1.165, 1.54) is 0 Å². The zero-order valence-electron chi connectivity index (χ0n) is 11.3. The van der Waals surface area contributed by atoms with Crippen LogP contribution in [0.4, 0.5) is 0 Å². The maximum atomic E-state index is 9.99. The number of aldehydes is 1. The van der Waals surface area contributed by atoms with Gasteiger partial charge in [0.25, 0.3) is 0 Å². The normalized spacial score (nSPS) is 11.2. The number of hydrogen-bond acceptors (Lipinski definition) is 7. The van der Waals surface area contributed by atoms with Gasteiger partial charge >= 0.3 is 0 Å². The molecule has 0 spiro atoms. The van der Waals surface area contributed by atoms with Gasteiger partial charge in [-0.15, -0.1) is 0 Å². The van der Waals surface area contributed by atoms with Crippen LogP contribution < -0.4 is 0 Å². The first kappa shape index (κ1) is 15.8. The van der Waals surface area contributed by atoms with Gasteiger partial charge in [-0.05, 0) is 25.0 Å². The van der Waals surface area contributed by atoms with Crippen LogP contribution in [0.2, 0.25) is 0 Å². The second-order valence-electron chi connectivity index (χ2n) is 4.05. The Hall–Kier alpha value is -2.25. The van der Waals surface area contributed by atoms with Crippen LogP contribution >= 0.6 is 0 Å². The number of rotatable bonds is 3. The number of aliphatic hydroxyl groups excluding tert-OH is 2. The van der Waals surface area contributed by atoms with Crippen molar-refractivity contribution in [1.82, 2.24) is 19.9 Å². The molecule has 2 aromatic heterocycles. The minimum Gasteiger partial charge on any atom is -0.393 e. The summed E-state index contributed by atoms with van der Waals surface area (Å²) in [5.74, 6) is 0.499. The summed E-state index contributed by atoms with van der Waals surface area (Å²) in [5.41, 5.74) is 1.89. The van der Waals surface area contributed by atoms with Gasteiger partial charge in [0.15, 0.2) is 17.9 Å².